The van der Waals surface area contributed by atoms with Crippen LogP contribution in [0.1, 0.15) is 40.2 Å². The van der Waals surface area contributed by atoms with Gasteiger partial charge in [-0.15, -0.1) is 0 Å². The molecule has 0 radical (unpaired) electrons. The van der Waals surface area contributed by atoms with E-state index in [0.29, 0.717) is 6.54 Å². The molecule has 0 saturated heterocycles. The number of carbonyl (C=O) groups is 2. The highest BCUT2D eigenvalue weighted by Gasteiger charge is 2.25. The van der Waals surface area contributed by atoms with Crippen LogP contribution in [0.3, 0.4) is 0 Å². The number of carbonyl (C=O) groups excluding carboxylic acids is 2. The highest BCUT2D eigenvalue weighted by atomic mass is 16.3. The Labute approximate surface area is 138 Å². The fourth-order valence-electron chi connectivity index (χ4n) is 2.04. The van der Waals surface area contributed by atoms with E-state index in [1.807, 2.05) is 30.3 Å². The number of hydrogen-bond donors (Lipinski definition) is 2. The molecule has 0 aromatic heterocycles. The zero-order valence-electron chi connectivity index (χ0n) is 14.7. The van der Waals surface area contributed by atoms with E-state index in [2.05, 4.69) is 5.32 Å². The lowest BCUT2D eigenvalue weighted by Crippen LogP contribution is -2.47. The second kappa shape index (κ2) is 7.59. The molecule has 5 nitrogen and oxygen atoms in total. The van der Waals surface area contributed by atoms with Gasteiger partial charge >= 0.3 is 0 Å². The summed E-state index contributed by atoms with van der Waals surface area (Å²) in [5, 5.41) is 12.7. The average molecular weight is 320 g/mol. The lowest BCUT2D eigenvalue weighted by Gasteiger charge is -2.30. The van der Waals surface area contributed by atoms with Gasteiger partial charge in [-0.2, -0.15) is 0 Å². The van der Waals surface area contributed by atoms with Gasteiger partial charge in [0.1, 0.15) is 0 Å². The summed E-state index contributed by atoms with van der Waals surface area (Å²) in [6.07, 6.45) is 0. The summed E-state index contributed by atoms with van der Waals surface area (Å²) in [4.78, 5) is 25.9. The summed E-state index contributed by atoms with van der Waals surface area (Å²) < 4.78 is 0. The Morgan fingerprint density at radius 3 is 2.13 bits per heavy atom. The van der Waals surface area contributed by atoms with Crippen LogP contribution in [0, 0.1) is 5.41 Å². The smallest absolute Gasteiger partial charge is 0.242 e. The average Bonchev–Trinajstić information content (AvgIpc) is 2.42. The van der Waals surface area contributed by atoms with E-state index < -0.39 is 11.0 Å². The highest BCUT2D eigenvalue weighted by Crippen LogP contribution is 2.13. The van der Waals surface area contributed by atoms with Crippen LogP contribution in [0.25, 0.3) is 0 Å². The van der Waals surface area contributed by atoms with Crippen molar-refractivity contribution in [2.24, 2.45) is 5.41 Å². The Morgan fingerprint density at radius 2 is 1.65 bits per heavy atom. The number of nitrogens with one attached hydrogen (secondary N) is 1. The Kier molecular flexibility index (Phi) is 6.33. The van der Waals surface area contributed by atoms with E-state index >= 15 is 0 Å². The van der Waals surface area contributed by atoms with Gasteiger partial charge in [-0.3, -0.25) is 9.59 Å². The van der Waals surface area contributed by atoms with Crippen LogP contribution in [-0.2, 0) is 16.1 Å². The van der Waals surface area contributed by atoms with Crippen molar-refractivity contribution in [2.75, 3.05) is 13.1 Å². The molecule has 1 rings (SSSR count). The van der Waals surface area contributed by atoms with Crippen molar-refractivity contribution in [3.05, 3.63) is 35.9 Å². The standard InChI is InChI=1S/C18H28N2O3/c1-17(2,3)16(22)19-11-15(21)20(13-18(4,5)23)12-14-9-7-6-8-10-14/h6-10,23H,11-13H2,1-5H3,(H,19,22). The molecule has 0 saturated carbocycles. The molecule has 128 valence electrons. The molecule has 0 unspecified atom stereocenters. The van der Waals surface area contributed by atoms with E-state index in [1.165, 1.54) is 0 Å². The molecule has 5 heteroatoms. The molecular weight excluding hydrogens is 292 g/mol. The maximum absolute atomic E-state index is 12.5. The lowest BCUT2D eigenvalue weighted by atomic mass is 9.96. The summed E-state index contributed by atoms with van der Waals surface area (Å²) >= 11 is 0. The van der Waals surface area contributed by atoms with E-state index in [9.17, 15) is 14.7 Å². The first-order valence-corrected chi connectivity index (χ1v) is 7.81. The molecule has 1 aromatic rings. The molecule has 2 amide bonds. The SMILES string of the molecule is CC(C)(O)CN(Cc1ccccc1)C(=O)CNC(=O)C(C)(C)C. The van der Waals surface area contributed by atoms with Crippen LogP contribution in [-0.4, -0.2) is 40.5 Å². The number of hydrogen-bond acceptors (Lipinski definition) is 3. The second-order valence-electron chi connectivity index (χ2n) is 7.48. The van der Waals surface area contributed by atoms with Gasteiger partial charge in [0.25, 0.3) is 0 Å². The van der Waals surface area contributed by atoms with Gasteiger partial charge in [-0.25, -0.2) is 0 Å². The van der Waals surface area contributed by atoms with Crippen molar-refractivity contribution >= 4 is 11.8 Å². The molecule has 2 N–H and O–H groups in total. The number of amides is 2. The summed E-state index contributed by atoms with van der Waals surface area (Å²) in [5.41, 5.74) is -0.563. The largest absolute Gasteiger partial charge is 0.389 e. The van der Waals surface area contributed by atoms with E-state index in [-0.39, 0.29) is 24.9 Å². The maximum Gasteiger partial charge on any atom is 0.242 e. The second-order valence-corrected chi connectivity index (χ2v) is 7.48. The van der Waals surface area contributed by atoms with Crippen LogP contribution in [0.2, 0.25) is 0 Å². The Morgan fingerprint density at radius 1 is 1.09 bits per heavy atom. The molecule has 0 fully saturated rings. The van der Waals surface area contributed by atoms with Crippen LogP contribution < -0.4 is 5.32 Å². The minimum absolute atomic E-state index is 0.0704. The Hall–Kier alpha value is -1.88. The fourth-order valence-corrected chi connectivity index (χ4v) is 2.04. The molecule has 0 aliphatic rings. The third kappa shape index (κ3) is 7.28. The first-order valence-electron chi connectivity index (χ1n) is 7.81. The Bertz CT molecular complexity index is 527. The van der Waals surface area contributed by atoms with Gasteiger partial charge in [0.05, 0.1) is 12.1 Å². The quantitative estimate of drug-likeness (QED) is 0.842. The molecular formula is C18H28N2O3. The van der Waals surface area contributed by atoms with Crippen LogP contribution in [0.15, 0.2) is 30.3 Å². The molecule has 0 spiro atoms. The van der Waals surface area contributed by atoms with Gasteiger partial charge in [-0.05, 0) is 19.4 Å². The van der Waals surface area contributed by atoms with Gasteiger partial charge < -0.3 is 15.3 Å². The third-order valence-corrected chi connectivity index (χ3v) is 3.23. The van der Waals surface area contributed by atoms with Crippen molar-refractivity contribution in [3.63, 3.8) is 0 Å². The van der Waals surface area contributed by atoms with Crippen LogP contribution >= 0.6 is 0 Å². The monoisotopic (exact) mass is 320 g/mol. The lowest BCUT2D eigenvalue weighted by molar-refractivity contribution is -0.137. The molecule has 0 heterocycles. The number of rotatable bonds is 6. The van der Waals surface area contributed by atoms with Crippen molar-refractivity contribution in [2.45, 2.75) is 46.8 Å². The van der Waals surface area contributed by atoms with Crippen molar-refractivity contribution in [1.82, 2.24) is 10.2 Å². The minimum atomic E-state index is -1.00. The number of nitrogens with zero attached hydrogens (tertiary/aromatic N) is 1. The molecule has 0 aliphatic heterocycles. The maximum atomic E-state index is 12.5. The molecule has 0 atom stereocenters. The molecule has 0 bridgehead atoms. The van der Waals surface area contributed by atoms with Crippen molar-refractivity contribution in [1.29, 1.82) is 0 Å². The number of aliphatic hydroxyl groups is 1. The van der Waals surface area contributed by atoms with Crippen molar-refractivity contribution in [3.8, 4) is 0 Å². The molecule has 1 aromatic carbocycles. The Balaban J connectivity index is 2.75. The summed E-state index contributed by atoms with van der Waals surface area (Å²) in [6, 6.07) is 9.58. The van der Waals surface area contributed by atoms with Gasteiger partial charge in [-0.1, -0.05) is 51.1 Å². The molecule has 23 heavy (non-hydrogen) atoms. The zero-order chi connectivity index (χ0) is 17.7. The normalized spacial score (nSPS) is 11.9. The van der Waals surface area contributed by atoms with Crippen LogP contribution in [0.5, 0.6) is 0 Å². The van der Waals surface area contributed by atoms with E-state index in [1.54, 1.807) is 39.5 Å². The van der Waals surface area contributed by atoms with Gasteiger partial charge in [0, 0.05) is 18.5 Å². The van der Waals surface area contributed by atoms with Crippen molar-refractivity contribution < 1.29 is 14.7 Å². The predicted molar refractivity (Wildman–Crippen MR) is 90.6 cm³/mol. The zero-order valence-corrected chi connectivity index (χ0v) is 14.7. The first kappa shape index (κ1) is 19.2. The summed E-state index contributed by atoms with van der Waals surface area (Å²) in [7, 11) is 0. The highest BCUT2D eigenvalue weighted by molar-refractivity contribution is 5.87. The topological polar surface area (TPSA) is 69.6 Å². The first-order chi connectivity index (χ1) is 10.5. The summed E-state index contributed by atoms with van der Waals surface area (Å²) in [5.74, 6) is -0.387. The third-order valence-electron chi connectivity index (χ3n) is 3.23. The fraction of sp³-hybridized carbons (Fsp3) is 0.556. The van der Waals surface area contributed by atoms with Gasteiger partial charge in [0.15, 0.2) is 0 Å². The minimum Gasteiger partial charge on any atom is -0.389 e. The van der Waals surface area contributed by atoms with Gasteiger partial charge in [0.2, 0.25) is 11.8 Å². The van der Waals surface area contributed by atoms with E-state index in [4.69, 9.17) is 0 Å². The van der Waals surface area contributed by atoms with E-state index in [0.717, 1.165) is 5.56 Å². The molecule has 0 aliphatic carbocycles. The number of benzene rings is 1. The van der Waals surface area contributed by atoms with Crippen LogP contribution in [0.4, 0.5) is 0 Å². The summed E-state index contributed by atoms with van der Waals surface area (Å²) in [6.45, 7) is 9.24. The predicted octanol–water partition coefficient (Wildman–Crippen LogP) is 1.95.